The first-order chi connectivity index (χ1) is 9.56. The van der Waals surface area contributed by atoms with Crippen LogP contribution >= 0.6 is 0 Å². The Morgan fingerprint density at radius 2 is 2.25 bits per heavy atom. The summed E-state index contributed by atoms with van der Waals surface area (Å²) >= 11 is 0. The van der Waals surface area contributed by atoms with E-state index in [2.05, 4.69) is 10.1 Å². The molecule has 0 radical (unpaired) electrons. The Kier molecular flexibility index (Phi) is 4.34. The van der Waals surface area contributed by atoms with Crippen LogP contribution < -0.4 is 5.73 Å². The molecule has 0 unspecified atom stereocenters. The summed E-state index contributed by atoms with van der Waals surface area (Å²) in [5, 5.41) is 4.09. The van der Waals surface area contributed by atoms with Gasteiger partial charge >= 0.3 is 5.97 Å². The van der Waals surface area contributed by atoms with Crippen molar-refractivity contribution in [2.45, 2.75) is 32.9 Å². The number of hydrogen-bond donors (Lipinski definition) is 1. The maximum Gasteiger partial charge on any atom is 0.310 e. The molecule has 20 heavy (non-hydrogen) atoms. The van der Waals surface area contributed by atoms with Crippen LogP contribution in [0.3, 0.4) is 0 Å². The molecule has 1 aromatic carbocycles. The third-order valence-corrected chi connectivity index (χ3v) is 2.80. The molecule has 2 aromatic rings. The third kappa shape index (κ3) is 3.57. The Balaban J connectivity index is 1.91. The normalized spacial score (nSPS) is 10.8. The van der Waals surface area contributed by atoms with Gasteiger partial charge in [-0.15, -0.1) is 0 Å². The summed E-state index contributed by atoms with van der Waals surface area (Å²) in [4.78, 5) is 15.9. The van der Waals surface area contributed by atoms with Gasteiger partial charge in [0.15, 0.2) is 12.4 Å². The Hall–Kier alpha value is -2.37. The van der Waals surface area contributed by atoms with Gasteiger partial charge in [-0.1, -0.05) is 12.1 Å². The quantitative estimate of drug-likeness (QED) is 0.663. The van der Waals surface area contributed by atoms with E-state index in [1.54, 1.807) is 16.8 Å². The number of hydrogen-bond acceptors (Lipinski definition) is 5. The highest BCUT2D eigenvalue weighted by Crippen LogP contribution is 2.09. The maximum atomic E-state index is 11.8. The van der Waals surface area contributed by atoms with Gasteiger partial charge in [0, 0.05) is 11.7 Å². The van der Waals surface area contributed by atoms with Crippen molar-refractivity contribution in [2.75, 3.05) is 5.73 Å². The van der Waals surface area contributed by atoms with Gasteiger partial charge in [-0.2, -0.15) is 5.10 Å². The lowest BCUT2D eigenvalue weighted by molar-refractivity contribution is -0.144. The summed E-state index contributed by atoms with van der Waals surface area (Å²) in [6.07, 6.45) is 1.65. The molecule has 0 aliphatic carbocycles. The van der Waals surface area contributed by atoms with E-state index < -0.39 is 0 Å². The van der Waals surface area contributed by atoms with E-state index in [1.165, 1.54) is 6.33 Å². The number of rotatable bonds is 5. The first-order valence-electron chi connectivity index (χ1n) is 6.44. The molecule has 2 N–H and O–H groups in total. The number of benzene rings is 1. The van der Waals surface area contributed by atoms with Crippen molar-refractivity contribution in [3.8, 4) is 0 Å². The van der Waals surface area contributed by atoms with Crippen molar-refractivity contribution in [2.24, 2.45) is 0 Å². The Bertz CT molecular complexity index is 592. The number of aromatic nitrogens is 3. The molecule has 0 bridgehead atoms. The number of anilines is 1. The van der Waals surface area contributed by atoms with Crippen LogP contribution in [-0.2, 0) is 22.6 Å². The SMILES string of the molecule is CC(C)n1ncnc1COC(=O)Cc1cccc(N)c1. The van der Waals surface area contributed by atoms with E-state index in [0.717, 1.165) is 5.56 Å². The zero-order chi connectivity index (χ0) is 14.5. The Morgan fingerprint density at radius 3 is 2.95 bits per heavy atom. The minimum Gasteiger partial charge on any atom is -0.457 e. The fourth-order valence-electron chi connectivity index (χ4n) is 1.87. The van der Waals surface area contributed by atoms with Crippen LogP contribution in [-0.4, -0.2) is 20.7 Å². The minimum atomic E-state index is -0.311. The number of esters is 1. The predicted molar refractivity (Wildman–Crippen MR) is 74.8 cm³/mol. The van der Waals surface area contributed by atoms with Crippen LogP contribution in [0, 0.1) is 0 Å². The van der Waals surface area contributed by atoms with E-state index in [1.807, 2.05) is 26.0 Å². The zero-order valence-electron chi connectivity index (χ0n) is 11.6. The summed E-state index contributed by atoms with van der Waals surface area (Å²) in [5.41, 5.74) is 7.13. The molecule has 0 spiro atoms. The van der Waals surface area contributed by atoms with Crippen LogP contribution in [0.15, 0.2) is 30.6 Å². The highest BCUT2D eigenvalue weighted by Gasteiger charge is 2.11. The molecule has 1 heterocycles. The largest absolute Gasteiger partial charge is 0.457 e. The number of ether oxygens (including phenoxy) is 1. The van der Waals surface area contributed by atoms with Gasteiger partial charge in [0.1, 0.15) is 6.33 Å². The summed E-state index contributed by atoms with van der Waals surface area (Å²) in [7, 11) is 0. The predicted octanol–water partition coefficient (Wildman–Crippen LogP) is 1.73. The lowest BCUT2D eigenvalue weighted by Gasteiger charge is -2.09. The summed E-state index contributed by atoms with van der Waals surface area (Å²) in [5.74, 6) is 0.329. The molecule has 0 atom stereocenters. The number of carbonyl (C=O) groups excluding carboxylic acids is 1. The lowest BCUT2D eigenvalue weighted by atomic mass is 10.1. The molecule has 1 aromatic heterocycles. The van der Waals surface area contributed by atoms with Gasteiger partial charge in [-0.25, -0.2) is 9.67 Å². The molecule has 0 saturated heterocycles. The monoisotopic (exact) mass is 274 g/mol. The molecule has 0 amide bonds. The molecular formula is C14H18N4O2. The second kappa shape index (κ2) is 6.18. The fraction of sp³-hybridized carbons (Fsp3) is 0.357. The summed E-state index contributed by atoms with van der Waals surface area (Å²) in [6, 6.07) is 7.37. The maximum absolute atomic E-state index is 11.8. The molecule has 106 valence electrons. The van der Waals surface area contributed by atoms with Crippen LogP contribution in [0.4, 0.5) is 5.69 Å². The van der Waals surface area contributed by atoms with E-state index >= 15 is 0 Å². The average Bonchev–Trinajstić information content (AvgIpc) is 2.85. The van der Waals surface area contributed by atoms with Crippen molar-refractivity contribution in [3.05, 3.63) is 42.0 Å². The van der Waals surface area contributed by atoms with Gasteiger partial charge in [0.25, 0.3) is 0 Å². The second-order valence-corrected chi connectivity index (χ2v) is 4.80. The topological polar surface area (TPSA) is 83.0 Å². The van der Waals surface area contributed by atoms with Gasteiger partial charge in [-0.3, -0.25) is 4.79 Å². The first kappa shape index (κ1) is 14.0. The van der Waals surface area contributed by atoms with Gasteiger partial charge in [0.2, 0.25) is 0 Å². The van der Waals surface area contributed by atoms with Crippen molar-refractivity contribution >= 4 is 11.7 Å². The molecule has 6 heteroatoms. The average molecular weight is 274 g/mol. The van der Waals surface area contributed by atoms with E-state index in [4.69, 9.17) is 10.5 Å². The number of nitrogens with two attached hydrogens (primary N) is 1. The van der Waals surface area contributed by atoms with Gasteiger partial charge in [-0.05, 0) is 31.5 Å². The van der Waals surface area contributed by atoms with Crippen molar-refractivity contribution in [3.63, 3.8) is 0 Å². The zero-order valence-corrected chi connectivity index (χ0v) is 11.6. The van der Waals surface area contributed by atoms with E-state index in [-0.39, 0.29) is 25.0 Å². The molecule has 0 fully saturated rings. The van der Waals surface area contributed by atoms with Gasteiger partial charge in [0.05, 0.1) is 6.42 Å². The Morgan fingerprint density at radius 1 is 1.45 bits per heavy atom. The smallest absolute Gasteiger partial charge is 0.310 e. The van der Waals surface area contributed by atoms with Crippen molar-refractivity contribution in [1.82, 2.24) is 14.8 Å². The third-order valence-electron chi connectivity index (χ3n) is 2.80. The molecule has 0 aliphatic rings. The first-order valence-corrected chi connectivity index (χ1v) is 6.44. The molecular weight excluding hydrogens is 256 g/mol. The van der Waals surface area contributed by atoms with Crippen LogP contribution in [0.5, 0.6) is 0 Å². The highest BCUT2D eigenvalue weighted by molar-refractivity contribution is 5.72. The van der Waals surface area contributed by atoms with Crippen LogP contribution in [0.1, 0.15) is 31.3 Å². The molecule has 6 nitrogen and oxygen atoms in total. The number of nitrogens with zero attached hydrogens (tertiary/aromatic N) is 3. The fourth-order valence-corrected chi connectivity index (χ4v) is 1.87. The number of nitrogen functional groups attached to an aromatic ring is 1. The molecule has 0 aliphatic heterocycles. The lowest BCUT2D eigenvalue weighted by Crippen LogP contribution is -2.13. The van der Waals surface area contributed by atoms with Crippen LogP contribution in [0.25, 0.3) is 0 Å². The summed E-state index contributed by atoms with van der Waals surface area (Å²) < 4.78 is 6.95. The molecule has 0 saturated carbocycles. The highest BCUT2D eigenvalue weighted by atomic mass is 16.5. The van der Waals surface area contributed by atoms with Crippen molar-refractivity contribution < 1.29 is 9.53 Å². The van der Waals surface area contributed by atoms with Gasteiger partial charge < -0.3 is 10.5 Å². The van der Waals surface area contributed by atoms with E-state index in [9.17, 15) is 4.79 Å². The Labute approximate surface area is 117 Å². The second-order valence-electron chi connectivity index (χ2n) is 4.80. The summed E-state index contributed by atoms with van der Waals surface area (Å²) in [6.45, 7) is 4.11. The molecule has 2 rings (SSSR count). The minimum absolute atomic E-state index is 0.124. The standard InChI is InChI=1S/C14H18N4O2/c1-10(2)18-13(16-9-17-18)8-20-14(19)7-11-4-3-5-12(15)6-11/h3-6,9-10H,7-8,15H2,1-2H3. The van der Waals surface area contributed by atoms with E-state index in [0.29, 0.717) is 11.5 Å². The van der Waals surface area contributed by atoms with Crippen molar-refractivity contribution in [1.29, 1.82) is 0 Å². The number of carbonyl (C=O) groups is 1. The van der Waals surface area contributed by atoms with Crippen LogP contribution in [0.2, 0.25) is 0 Å².